The lowest BCUT2D eigenvalue weighted by atomic mass is 9.84. The van der Waals surface area contributed by atoms with E-state index in [1.54, 1.807) is 7.05 Å². The van der Waals surface area contributed by atoms with Crippen LogP contribution in [0.2, 0.25) is 0 Å². The summed E-state index contributed by atoms with van der Waals surface area (Å²) in [7, 11) is 1.57. The molecule has 5 rings (SSSR count). The van der Waals surface area contributed by atoms with Crippen molar-refractivity contribution in [1.29, 1.82) is 0 Å². The summed E-state index contributed by atoms with van der Waals surface area (Å²) in [4.78, 5) is 26.5. The lowest BCUT2D eigenvalue weighted by molar-refractivity contribution is 0.654. The quantitative estimate of drug-likeness (QED) is 0.236. The number of pyridine rings is 1. The molecule has 0 unspecified atom stereocenters. The number of hydrogen-bond acceptors (Lipinski definition) is 3. The Labute approximate surface area is 180 Å². The van der Waals surface area contributed by atoms with Crippen LogP contribution in [-0.2, 0) is 7.05 Å². The molecule has 0 bridgehead atoms. The summed E-state index contributed by atoms with van der Waals surface area (Å²) in [6.45, 7) is 16.6. The molecule has 4 heteroatoms. The summed E-state index contributed by atoms with van der Waals surface area (Å²) in [6, 6.07) is 0. The van der Waals surface area contributed by atoms with E-state index in [-0.39, 0.29) is 11.1 Å². The van der Waals surface area contributed by atoms with Crippen LogP contribution in [0.1, 0.15) is 44.5 Å². The van der Waals surface area contributed by atoms with E-state index in [1.807, 2.05) is 20.8 Å². The summed E-state index contributed by atoms with van der Waals surface area (Å²) in [5, 5.41) is 5.11. The van der Waals surface area contributed by atoms with Gasteiger partial charge in [-0.1, -0.05) is 0 Å². The van der Waals surface area contributed by atoms with Crippen LogP contribution in [0.5, 0.6) is 0 Å². The lowest BCUT2D eigenvalue weighted by Crippen LogP contribution is -2.31. The first-order chi connectivity index (χ1) is 14.5. The van der Waals surface area contributed by atoms with Gasteiger partial charge in [0.05, 0.1) is 10.8 Å². The predicted molar refractivity (Wildman–Crippen MR) is 129 cm³/mol. The molecule has 3 aromatic carbocycles. The van der Waals surface area contributed by atoms with E-state index in [0.29, 0.717) is 10.8 Å². The first kappa shape index (κ1) is 19.8. The molecule has 0 amide bonds. The molecule has 0 saturated carbocycles. The highest BCUT2D eigenvalue weighted by Crippen LogP contribution is 2.45. The highest BCUT2D eigenvalue weighted by molar-refractivity contribution is 6.30. The van der Waals surface area contributed by atoms with Crippen molar-refractivity contribution in [1.82, 2.24) is 4.57 Å². The maximum absolute atomic E-state index is 13.2. The van der Waals surface area contributed by atoms with Gasteiger partial charge in [0, 0.05) is 28.6 Å². The minimum atomic E-state index is -0.238. The number of rotatable bonds is 0. The Balaban J connectivity index is 2.37. The maximum Gasteiger partial charge on any atom is 0.261 e. The number of aromatic nitrogens is 1. The molecule has 0 atom stereocenters. The van der Waals surface area contributed by atoms with Crippen molar-refractivity contribution in [3.05, 3.63) is 65.2 Å². The van der Waals surface area contributed by atoms with Crippen LogP contribution >= 0.6 is 0 Å². The van der Waals surface area contributed by atoms with Crippen LogP contribution in [0, 0.1) is 55.4 Å². The zero-order valence-electron chi connectivity index (χ0n) is 19.7. The standard InChI is InChI=1S/C27H27NO3/c1-10-11(2)16(7)24-19(12(10)3)18-13(4)14(5)20-22-21(27(30)28(9)26(20)29)15(6)17(8)25(31-24)23(18)22/h1-9H3. The molecule has 0 aliphatic carbocycles. The second-order valence-electron chi connectivity index (χ2n) is 9.18. The average molecular weight is 414 g/mol. The van der Waals surface area contributed by atoms with Gasteiger partial charge in [0.2, 0.25) is 0 Å². The van der Waals surface area contributed by atoms with Crippen LogP contribution < -0.4 is 11.1 Å². The average Bonchev–Trinajstić information content (AvgIpc) is 2.75. The van der Waals surface area contributed by atoms with E-state index >= 15 is 0 Å². The number of hydrogen-bond donors (Lipinski definition) is 0. The number of aryl methyl sites for hydroxylation is 6. The zero-order valence-corrected chi connectivity index (χ0v) is 19.7. The van der Waals surface area contributed by atoms with E-state index < -0.39 is 0 Å². The molecule has 158 valence electrons. The molecule has 0 fully saturated rings. The molecule has 0 aliphatic heterocycles. The van der Waals surface area contributed by atoms with Crippen molar-refractivity contribution in [2.75, 3.05) is 0 Å². The monoisotopic (exact) mass is 413 g/mol. The normalized spacial score (nSPS) is 12.3. The molecule has 5 aromatic rings. The van der Waals surface area contributed by atoms with Gasteiger partial charge < -0.3 is 4.42 Å². The van der Waals surface area contributed by atoms with Gasteiger partial charge in [-0.2, -0.15) is 0 Å². The molecule has 31 heavy (non-hydrogen) atoms. The SMILES string of the molecule is Cc1c(C)c(C)c2c(oc3c(C)c(C)c4c(=O)n(C)c(=O)c5c(C)c(C)c2c3c45)c1C. The van der Waals surface area contributed by atoms with Gasteiger partial charge in [-0.3, -0.25) is 14.2 Å². The largest absolute Gasteiger partial charge is 0.455 e. The van der Waals surface area contributed by atoms with Gasteiger partial charge in [-0.25, -0.2) is 0 Å². The Morgan fingerprint density at radius 2 is 0.839 bits per heavy atom. The molecule has 2 aromatic heterocycles. The van der Waals surface area contributed by atoms with Gasteiger partial charge in [0.1, 0.15) is 11.2 Å². The van der Waals surface area contributed by atoms with E-state index in [4.69, 9.17) is 4.42 Å². The number of nitrogens with zero attached hydrogens (tertiary/aromatic N) is 1. The second-order valence-corrected chi connectivity index (χ2v) is 9.18. The zero-order chi connectivity index (χ0) is 22.7. The first-order valence-electron chi connectivity index (χ1n) is 10.7. The smallest absolute Gasteiger partial charge is 0.261 e. The van der Waals surface area contributed by atoms with Crippen molar-refractivity contribution in [2.45, 2.75) is 55.4 Å². The topological polar surface area (TPSA) is 52.2 Å². The van der Waals surface area contributed by atoms with Crippen LogP contribution in [0.3, 0.4) is 0 Å². The van der Waals surface area contributed by atoms with Gasteiger partial charge in [-0.05, 0) is 99.9 Å². The van der Waals surface area contributed by atoms with Crippen molar-refractivity contribution in [3.8, 4) is 0 Å². The Bertz CT molecular complexity index is 1710. The van der Waals surface area contributed by atoms with Crippen molar-refractivity contribution >= 4 is 43.5 Å². The second kappa shape index (κ2) is 5.97. The van der Waals surface area contributed by atoms with Crippen LogP contribution in [0.25, 0.3) is 43.5 Å². The van der Waals surface area contributed by atoms with Crippen molar-refractivity contribution < 1.29 is 4.42 Å². The highest BCUT2D eigenvalue weighted by atomic mass is 16.3. The molecular formula is C27H27NO3. The molecule has 4 nitrogen and oxygen atoms in total. The Morgan fingerprint density at radius 1 is 0.452 bits per heavy atom. The number of benzene rings is 3. The van der Waals surface area contributed by atoms with Gasteiger partial charge in [-0.15, -0.1) is 0 Å². The first-order valence-corrected chi connectivity index (χ1v) is 10.7. The van der Waals surface area contributed by atoms with Crippen molar-refractivity contribution in [2.24, 2.45) is 7.05 Å². The number of fused-ring (bicyclic) bond motifs is 2. The Kier molecular flexibility index (Phi) is 3.81. The molecule has 0 aliphatic rings. The Hall–Kier alpha value is -3.14. The van der Waals surface area contributed by atoms with Crippen LogP contribution in [0.15, 0.2) is 14.0 Å². The van der Waals surface area contributed by atoms with Gasteiger partial charge in [0.15, 0.2) is 0 Å². The van der Waals surface area contributed by atoms with Gasteiger partial charge >= 0.3 is 0 Å². The van der Waals surface area contributed by atoms with Gasteiger partial charge in [0.25, 0.3) is 11.1 Å². The molecule has 0 radical (unpaired) electrons. The third-order valence-electron chi connectivity index (χ3n) is 7.94. The van der Waals surface area contributed by atoms with E-state index in [0.717, 1.165) is 60.5 Å². The van der Waals surface area contributed by atoms with Crippen LogP contribution in [-0.4, -0.2) is 4.57 Å². The van der Waals surface area contributed by atoms with E-state index in [9.17, 15) is 9.59 Å². The fourth-order valence-corrected chi connectivity index (χ4v) is 5.42. The summed E-state index contributed by atoms with van der Waals surface area (Å²) in [6.07, 6.45) is 0. The fraction of sp³-hybridized carbons (Fsp3) is 0.333. The summed E-state index contributed by atoms with van der Waals surface area (Å²) >= 11 is 0. The highest BCUT2D eigenvalue weighted by Gasteiger charge is 2.26. The molecule has 0 saturated heterocycles. The van der Waals surface area contributed by atoms with Crippen LogP contribution in [0.4, 0.5) is 0 Å². The summed E-state index contributed by atoms with van der Waals surface area (Å²) in [5.41, 5.74) is 9.85. The van der Waals surface area contributed by atoms with E-state index in [2.05, 4.69) is 34.6 Å². The molecule has 2 heterocycles. The third kappa shape index (κ3) is 2.10. The minimum Gasteiger partial charge on any atom is -0.455 e. The summed E-state index contributed by atoms with van der Waals surface area (Å²) in [5.74, 6) is 0. The molecule has 0 N–H and O–H groups in total. The fourth-order valence-electron chi connectivity index (χ4n) is 5.42. The molecule has 0 spiro atoms. The third-order valence-corrected chi connectivity index (χ3v) is 7.94. The Morgan fingerprint density at radius 3 is 1.42 bits per heavy atom. The minimum absolute atomic E-state index is 0.238. The molecular weight excluding hydrogens is 386 g/mol. The lowest BCUT2D eigenvalue weighted by Gasteiger charge is -2.22. The van der Waals surface area contributed by atoms with E-state index in [1.165, 1.54) is 21.3 Å². The summed E-state index contributed by atoms with van der Waals surface area (Å²) < 4.78 is 7.89. The predicted octanol–water partition coefficient (Wildman–Crippen LogP) is 5.86. The maximum atomic E-state index is 13.2. The van der Waals surface area contributed by atoms with Crippen molar-refractivity contribution in [3.63, 3.8) is 0 Å².